The first-order valence-corrected chi connectivity index (χ1v) is 10.3. The highest BCUT2D eigenvalue weighted by Gasteiger charge is 2.27. The van der Waals surface area contributed by atoms with Gasteiger partial charge >= 0.3 is 5.97 Å². The lowest BCUT2D eigenvalue weighted by atomic mass is 10.2. The first-order chi connectivity index (χ1) is 14.6. The van der Waals surface area contributed by atoms with Crippen LogP contribution in [0.1, 0.15) is 17.0 Å². The SMILES string of the molecule is Cc1nn(-c2ccccc2)c(COC(=O)CN2C(=O)CSc3ccccc32)c1C#N. The Morgan fingerprint density at radius 3 is 2.70 bits per heavy atom. The van der Waals surface area contributed by atoms with Crippen LogP contribution in [0.2, 0.25) is 0 Å². The zero-order chi connectivity index (χ0) is 21.1. The topological polar surface area (TPSA) is 88.2 Å². The quantitative estimate of drug-likeness (QED) is 0.591. The summed E-state index contributed by atoms with van der Waals surface area (Å²) in [6.07, 6.45) is 0. The van der Waals surface area contributed by atoms with E-state index in [1.54, 1.807) is 11.6 Å². The van der Waals surface area contributed by atoms with Gasteiger partial charge in [-0.3, -0.25) is 14.5 Å². The van der Waals surface area contributed by atoms with E-state index in [4.69, 9.17) is 4.74 Å². The third-order valence-corrected chi connectivity index (χ3v) is 5.78. The molecule has 4 rings (SSSR count). The van der Waals surface area contributed by atoms with Gasteiger partial charge in [0.05, 0.1) is 28.5 Å². The maximum Gasteiger partial charge on any atom is 0.326 e. The minimum Gasteiger partial charge on any atom is -0.458 e. The van der Waals surface area contributed by atoms with E-state index in [9.17, 15) is 14.9 Å². The van der Waals surface area contributed by atoms with Gasteiger partial charge in [-0.1, -0.05) is 30.3 Å². The number of anilines is 1. The normalized spacial score (nSPS) is 12.9. The lowest BCUT2D eigenvalue weighted by Gasteiger charge is -2.27. The largest absolute Gasteiger partial charge is 0.458 e. The predicted octanol–water partition coefficient (Wildman–Crippen LogP) is 3.23. The fourth-order valence-corrected chi connectivity index (χ4v) is 4.22. The molecule has 0 N–H and O–H groups in total. The van der Waals surface area contributed by atoms with E-state index in [0.29, 0.717) is 22.6 Å². The average Bonchev–Trinajstić information content (AvgIpc) is 3.10. The Labute approximate surface area is 177 Å². The number of nitriles is 1. The summed E-state index contributed by atoms with van der Waals surface area (Å²) in [7, 11) is 0. The summed E-state index contributed by atoms with van der Waals surface area (Å²) in [5.41, 5.74) is 2.91. The molecule has 0 radical (unpaired) electrons. The summed E-state index contributed by atoms with van der Waals surface area (Å²) in [5.74, 6) is -0.408. The summed E-state index contributed by atoms with van der Waals surface area (Å²) in [5, 5.41) is 14.0. The van der Waals surface area contributed by atoms with Crippen molar-refractivity contribution in [3.8, 4) is 11.8 Å². The van der Waals surface area contributed by atoms with E-state index in [1.165, 1.54) is 16.7 Å². The van der Waals surface area contributed by atoms with E-state index in [0.717, 1.165) is 10.6 Å². The Morgan fingerprint density at radius 2 is 1.93 bits per heavy atom. The Kier molecular flexibility index (Phi) is 5.55. The van der Waals surface area contributed by atoms with E-state index in [1.807, 2.05) is 54.6 Å². The minimum atomic E-state index is -0.549. The Bertz CT molecular complexity index is 1150. The number of aryl methyl sites for hydroxylation is 1. The summed E-state index contributed by atoms with van der Waals surface area (Å²) in [6.45, 7) is 1.44. The molecule has 0 spiro atoms. The second-order valence-corrected chi connectivity index (χ2v) is 7.68. The first-order valence-electron chi connectivity index (χ1n) is 9.30. The van der Waals surface area contributed by atoms with Crippen molar-refractivity contribution in [1.82, 2.24) is 9.78 Å². The number of fused-ring (bicyclic) bond motifs is 1. The zero-order valence-electron chi connectivity index (χ0n) is 16.2. The van der Waals surface area contributed by atoms with Crippen LogP contribution in [0.15, 0.2) is 59.5 Å². The van der Waals surface area contributed by atoms with Crippen LogP contribution in [-0.4, -0.2) is 34.0 Å². The second-order valence-electron chi connectivity index (χ2n) is 6.66. The summed E-state index contributed by atoms with van der Waals surface area (Å²) >= 11 is 1.45. The maximum atomic E-state index is 12.6. The molecule has 30 heavy (non-hydrogen) atoms. The number of carbonyl (C=O) groups excluding carboxylic acids is 2. The molecule has 0 aliphatic carbocycles. The number of amides is 1. The molecule has 2 heterocycles. The lowest BCUT2D eigenvalue weighted by molar-refractivity contribution is -0.144. The molecule has 0 bridgehead atoms. The molecule has 3 aromatic rings. The van der Waals surface area contributed by atoms with Crippen LogP contribution in [-0.2, 0) is 20.9 Å². The second kappa shape index (κ2) is 8.43. The van der Waals surface area contributed by atoms with Crippen LogP contribution < -0.4 is 4.90 Å². The van der Waals surface area contributed by atoms with Crippen LogP contribution in [0.25, 0.3) is 5.69 Å². The van der Waals surface area contributed by atoms with Crippen LogP contribution >= 0.6 is 11.8 Å². The van der Waals surface area contributed by atoms with Crippen molar-refractivity contribution in [2.45, 2.75) is 18.4 Å². The van der Waals surface area contributed by atoms with Crippen LogP contribution in [0.3, 0.4) is 0 Å². The molecular formula is C22H18N4O3S. The molecule has 7 nitrogen and oxygen atoms in total. The highest BCUT2D eigenvalue weighted by molar-refractivity contribution is 8.00. The van der Waals surface area contributed by atoms with Gasteiger partial charge in [-0.2, -0.15) is 10.4 Å². The number of nitrogens with zero attached hydrogens (tertiary/aromatic N) is 4. The van der Waals surface area contributed by atoms with Gasteiger partial charge in [-0.05, 0) is 31.2 Å². The van der Waals surface area contributed by atoms with E-state index in [-0.39, 0.29) is 24.8 Å². The third-order valence-electron chi connectivity index (χ3n) is 4.73. The molecule has 8 heteroatoms. The molecule has 1 aliphatic rings. The van der Waals surface area contributed by atoms with Crippen molar-refractivity contribution in [3.63, 3.8) is 0 Å². The fourth-order valence-electron chi connectivity index (χ4n) is 3.29. The van der Waals surface area contributed by atoms with Gasteiger partial charge in [-0.15, -0.1) is 11.8 Å². The van der Waals surface area contributed by atoms with Crippen molar-refractivity contribution in [3.05, 3.63) is 71.5 Å². The number of rotatable bonds is 5. The minimum absolute atomic E-state index is 0.115. The zero-order valence-corrected chi connectivity index (χ0v) is 17.1. The summed E-state index contributed by atoms with van der Waals surface area (Å²) in [6, 6.07) is 18.9. The number of aromatic nitrogens is 2. The summed E-state index contributed by atoms with van der Waals surface area (Å²) < 4.78 is 7.07. The van der Waals surface area contributed by atoms with E-state index >= 15 is 0 Å². The molecule has 2 aromatic carbocycles. The summed E-state index contributed by atoms with van der Waals surface area (Å²) in [4.78, 5) is 27.3. The third kappa shape index (κ3) is 3.80. The molecule has 0 saturated carbocycles. The van der Waals surface area contributed by atoms with Gasteiger partial charge < -0.3 is 4.74 Å². The van der Waals surface area contributed by atoms with Crippen molar-refractivity contribution >= 4 is 29.3 Å². The van der Waals surface area contributed by atoms with Crippen molar-refractivity contribution < 1.29 is 14.3 Å². The molecule has 1 aromatic heterocycles. The van der Waals surface area contributed by atoms with Crippen molar-refractivity contribution in [2.75, 3.05) is 17.2 Å². The van der Waals surface area contributed by atoms with Crippen molar-refractivity contribution in [1.29, 1.82) is 5.26 Å². The number of ether oxygens (including phenoxy) is 1. The Hall–Kier alpha value is -3.57. The lowest BCUT2D eigenvalue weighted by Crippen LogP contribution is -2.39. The average molecular weight is 418 g/mol. The van der Waals surface area contributed by atoms with E-state index < -0.39 is 5.97 Å². The van der Waals surface area contributed by atoms with Crippen LogP contribution in [0, 0.1) is 18.3 Å². The number of carbonyl (C=O) groups is 2. The van der Waals surface area contributed by atoms with Crippen LogP contribution in [0.5, 0.6) is 0 Å². The number of hydrogen-bond acceptors (Lipinski definition) is 6. The molecule has 0 fully saturated rings. The number of hydrogen-bond donors (Lipinski definition) is 0. The van der Waals surface area contributed by atoms with Gasteiger partial charge in [0.15, 0.2) is 0 Å². The molecule has 0 unspecified atom stereocenters. The molecule has 1 amide bonds. The smallest absolute Gasteiger partial charge is 0.326 e. The van der Waals surface area contributed by atoms with Gasteiger partial charge in [0, 0.05) is 4.90 Å². The maximum absolute atomic E-state index is 12.6. The fraction of sp³-hybridized carbons (Fsp3) is 0.182. The monoisotopic (exact) mass is 418 g/mol. The molecule has 0 saturated heterocycles. The van der Waals surface area contributed by atoms with Gasteiger partial charge in [0.25, 0.3) is 0 Å². The number of thioether (sulfide) groups is 1. The highest BCUT2D eigenvalue weighted by atomic mass is 32.2. The van der Waals surface area contributed by atoms with Gasteiger partial charge in [0.2, 0.25) is 5.91 Å². The Balaban J connectivity index is 1.53. The number of esters is 1. The molecular weight excluding hydrogens is 400 g/mol. The molecule has 1 aliphatic heterocycles. The highest BCUT2D eigenvalue weighted by Crippen LogP contribution is 2.34. The Morgan fingerprint density at radius 1 is 1.20 bits per heavy atom. The first kappa shape index (κ1) is 19.7. The van der Waals surface area contributed by atoms with Gasteiger partial charge in [-0.25, -0.2) is 4.68 Å². The molecule has 150 valence electrons. The van der Waals surface area contributed by atoms with E-state index in [2.05, 4.69) is 11.2 Å². The van der Waals surface area contributed by atoms with Gasteiger partial charge in [0.1, 0.15) is 24.8 Å². The molecule has 0 atom stereocenters. The predicted molar refractivity (Wildman–Crippen MR) is 112 cm³/mol. The number of benzene rings is 2. The standard InChI is InChI=1S/C22H18N4O3S/c1-15-17(11-23)19(26(24-15)16-7-3-2-4-8-16)13-29-22(28)12-25-18-9-5-6-10-20(18)30-14-21(25)27/h2-10H,12-14H2,1H3. The van der Waals surface area contributed by atoms with Crippen molar-refractivity contribution in [2.24, 2.45) is 0 Å². The number of para-hydroxylation sites is 2. The van der Waals surface area contributed by atoms with Crippen LogP contribution in [0.4, 0.5) is 5.69 Å².